The smallest absolute Gasteiger partial charge is 0.227 e. The lowest BCUT2D eigenvalue weighted by Crippen LogP contribution is -2.17. The number of hydrogen-bond acceptors (Lipinski definition) is 6. The highest BCUT2D eigenvalue weighted by Crippen LogP contribution is 2.39. The van der Waals surface area contributed by atoms with Crippen molar-refractivity contribution in [3.05, 3.63) is 86.8 Å². The minimum atomic E-state index is -0.539. The molecule has 1 aliphatic rings. The van der Waals surface area contributed by atoms with Crippen molar-refractivity contribution in [3.63, 3.8) is 0 Å². The van der Waals surface area contributed by atoms with E-state index in [0.29, 0.717) is 16.5 Å². The van der Waals surface area contributed by atoms with Gasteiger partial charge in [-0.2, -0.15) is 0 Å². The molecule has 0 saturated heterocycles. The zero-order chi connectivity index (χ0) is 24.0. The fraction of sp³-hybridized carbons (Fsp3) is 0.200. The molecule has 0 aliphatic carbocycles. The van der Waals surface area contributed by atoms with Crippen molar-refractivity contribution in [1.82, 2.24) is 14.8 Å². The zero-order valence-electron chi connectivity index (χ0n) is 19.8. The Morgan fingerprint density at radius 1 is 1.06 bits per heavy atom. The van der Waals surface area contributed by atoms with Crippen molar-refractivity contribution < 1.29 is 20.9 Å². The number of nitrogens with zero attached hydrogens (tertiary/aromatic N) is 4. The van der Waals surface area contributed by atoms with E-state index in [-0.39, 0.29) is 29.0 Å². The van der Waals surface area contributed by atoms with Crippen LogP contribution in [0.5, 0.6) is 5.75 Å². The Morgan fingerprint density at radius 3 is 2.39 bits per heavy atom. The van der Waals surface area contributed by atoms with E-state index in [1.54, 1.807) is 23.5 Å². The standard InChI is InChI=1S/C25H22ClN5O2S.2H2O/c1-13-14(2)34-25-22(13)23(16-4-6-17(26)7-5-16)28-20(24-30-29-15(3)31(24)25)12-21(33)27-18-8-10-19(32)11-9-18;;/h4-11,20,32H,12H2,1-3H3,(H,27,33);2*1H2/t20-;;/m0../s1. The van der Waals surface area contributed by atoms with Crippen molar-refractivity contribution >= 4 is 40.2 Å². The van der Waals surface area contributed by atoms with E-state index in [2.05, 4.69) is 29.4 Å². The maximum Gasteiger partial charge on any atom is 0.227 e. The van der Waals surface area contributed by atoms with Crippen molar-refractivity contribution in [2.45, 2.75) is 33.2 Å². The summed E-state index contributed by atoms with van der Waals surface area (Å²) in [5.41, 5.74) is 4.49. The van der Waals surface area contributed by atoms with Crippen molar-refractivity contribution in [1.29, 1.82) is 0 Å². The first-order valence-corrected chi connectivity index (χ1v) is 12.0. The van der Waals surface area contributed by atoms with Gasteiger partial charge in [0.2, 0.25) is 5.91 Å². The molecule has 9 nitrogen and oxygen atoms in total. The monoisotopic (exact) mass is 527 g/mol. The van der Waals surface area contributed by atoms with Gasteiger partial charge in [0.15, 0.2) is 5.82 Å². The summed E-state index contributed by atoms with van der Waals surface area (Å²) >= 11 is 7.82. The molecule has 1 amide bonds. The molecule has 1 aliphatic heterocycles. The van der Waals surface area contributed by atoms with Gasteiger partial charge in [0.1, 0.15) is 22.6 Å². The Labute approximate surface area is 216 Å². The van der Waals surface area contributed by atoms with Gasteiger partial charge in [0, 0.05) is 26.7 Å². The molecule has 1 atom stereocenters. The normalized spacial score (nSPS) is 13.9. The van der Waals surface area contributed by atoms with Crippen LogP contribution >= 0.6 is 22.9 Å². The first kappa shape index (κ1) is 27.0. The van der Waals surface area contributed by atoms with Crippen molar-refractivity contribution in [2.24, 2.45) is 4.99 Å². The number of halogens is 1. The predicted octanol–water partition coefficient (Wildman–Crippen LogP) is 3.88. The third-order valence-electron chi connectivity index (χ3n) is 5.89. The molecule has 2 aromatic heterocycles. The second kappa shape index (κ2) is 10.6. The van der Waals surface area contributed by atoms with E-state index in [1.807, 2.05) is 35.8 Å². The Balaban J connectivity index is 0.00000180. The molecule has 2 aromatic carbocycles. The molecule has 4 aromatic rings. The zero-order valence-corrected chi connectivity index (χ0v) is 21.4. The van der Waals surface area contributed by atoms with Crippen LogP contribution in [-0.4, -0.2) is 42.4 Å². The molecular formula is C25H26ClN5O4S. The summed E-state index contributed by atoms with van der Waals surface area (Å²) in [5, 5.41) is 22.8. The lowest BCUT2D eigenvalue weighted by atomic mass is 9.99. The number of nitrogens with one attached hydrogen (secondary N) is 1. The SMILES string of the molecule is Cc1sc2c(c1C)C(c1ccc(Cl)cc1)=N[C@@H](CC(=O)Nc1ccc(O)cc1)c1nnc(C)n1-2.O.O. The van der Waals surface area contributed by atoms with Gasteiger partial charge in [-0.3, -0.25) is 14.4 Å². The van der Waals surface area contributed by atoms with Crippen LogP contribution in [0.1, 0.15) is 45.7 Å². The van der Waals surface area contributed by atoms with E-state index >= 15 is 0 Å². The van der Waals surface area contributed by atoms with Crippen LogP contribution in [0.25, 0.3) is 5.00 Å². The third kappa shape index (κ3) is 4.89. The van der Waals surface area contributed by atoms with Crippen LogP contribution < -0.4 is 5.32 Å². The van der Waals surface area contributed by atoms with Crippen molar-refractivity contribution in [2.75, 3.05) is 5.32 Å². The number of aromatic hydroxyl groups is 1. The van der Waals surface area contributed by atoms with Crippen LogP contribution in [0.15, 0.2) is 53.5 Å². The van der Waals surface area contributed by atoms with Gasteiger partial charge >= 0.3 is 0 Å². The molecule has 5 rings (SSSR count). The first-order chi connectivity index (χ1) is 16.3. The molecule has 0 unspecified atom stereocenters. The summed E-state index contributed by atoms with van der Waals surface area (Å²) in [6.45, 7) is 6.09. The molecule has 0 radical (unpaired) electrons. The maximum absolute atomic E-state index is 13.0. The van der Waals surface area contributed by atoms with Gasteiger partial charge in [-0.25, -0.2) is 0 Å². The summed E-state index contributed by atoms with van der Waals surface area (Å²) in [5.74, 6) is 1.30. The minimum Gasteiger partial charge on any atom is -0.508 e. The Bertz CT molecular complexity index is 1430. The second-order valence-corrected chi connectivity index (χ2v) is 9.84. The largest absolute Gasteiger partial charge is 0.508 e. The number of carbonyl (C=O) groups excluding carboxylic acids is 1. The number of benzene rings is 2. The third-order valence-corrected chi connectivity index (χ3v) is 7.33. The summed E-state index contributed by atoms with van der Waals surface area (Å²) in [4.78, 5) is 19.3. The number of phenols is 1. The van der Waals surface area contributed by atoms with Crippen molar-refractivity contribution in [3.8, 4) is 10.8 Å². The molecule has 0 bridgehead atoms. The summed E-state index contributed by atoms with van der Waals surface area (Å²) in [6, 6.07) is 13.4. The number of phenolic OH excluding ortho intramolecular Hbond substituents is 1. The number of amides is 1. The Morgan fingerprint density at radius 2 is 1.72 bits per heavy atom. The van der Waals surface area contributed by atoms with E-state index in [9.17, 15) is 9.90 Å². The average Bonchev–Trinajstić information content (AvgIpc) is 3.28. The highest BCUT2D eigenvalue weighted by atomic mass is 35.5. The molecule has 188 valence electrons. The van der Waals surface area contributed by atoms with Gasteiger partial charge in [-0.15, -0.1) is 21.5 Å². The topological polar surface area (TPSA) is 155 Å². The van der Waals surface area contributed by atoms with Crippen LogP contribution in [0, 0.1) is 20.8 Å². The Kier molecular flexibility index (Phi) is 7.95. The molecular weight excluding hydrogens is 502 g/mol. The number of hydrogen-bond donors (Lipinski definition) is 2. The number of carbonyl (C=O) groups is 1. The van der Waals surface area contributed by atoms with Crippen LogP contribution in [0.2, 0.25) is 5.02 Å². The highest BCUT2D eigenvalue weighted by molar-refractivity contribution is 7.15. The van der Waals surface area contributed by atoms with E-state index in [0.717, 1.165) is 33.2 Å². The predicted molar refractivity (Wildman–Crippen MR) is 142 cm³/mol. The number of aromatic nitrogens is 3. The molecule has 0 saturated carbocycles. The van der Waals surface area contributed by atoms with Crippen LogP contribution in [-0.2, 0) is 4.79 Å². The van der Waals surface area contributed by atoms with E-state index < -0.39 is 6.04 Å². The molecule has 3 heterocycles. The van der Waals surface area contributed by atoms with Gasteiger partial charge in [0.05, 0.1) is 12.1 Å². The Hall–Kier alpha value is -3.57. The highest BCUT2D eigenvalue weighted by Gasteiger charge is 2.32. The number of rotatable bonds is 4. The first-order valence-electron chi connectivity index (χ1n) is 10.8. The molecule has 0 fully saturated rings. The average molecular weight is 528 g/mol. The lowest BCUT2D eigenvalue weighted by Gasteiger charge is -2.13. The summed E-state index contributed by atoms with van der Waals surface area (Å²) in [6.07, 6.45) is 0.0864. The quantitative estimate of drug-likeness (QED) is 0.386. The number of aliphatic imine (C=N–C) groups is 1. The van der Waals surface area contributed by atoms with Crippen LogP contribution in [0.4, 0.5) is 5.69 Å². The molecule has 6 N–H and O–H groups in total. The summed E-state index contributed by atoms with van der Waals surface area (Å²) in [7, 11) is 0. The van der Waals surface area contributed by atoms with Gasteiger partial charge < -0.3 is 21.4 Å². The van der Waals surface area contributed by atoms with Gasteiger partial charge in [-0.1, -0.05) is 23.7 Å². The van der Waals surface area contributed by atoms with Gasteiger partial charge in [0.25, 0.3) is 0 Å². The summed E-state index contributed by atoms with van der Waals surface area (Å²) < 4.78 is 2.02. The molecule has 0 spiro atoms. The van der Waals surface area contributed by atoms with Gasteiger partial charge in [-0.05, 0) is 62.7 Å². The fourth-order valence-corrected chi connectivity index (χ4v) is 5.40. The lowest BCUT2D eigenvalue weighted by molar-refractivity contribution is -0.116. The number of fused-ring (bicyclic) bond motifs is 3. The minimum absolute atomic E-state index is 0. The van der Waals surface area contributed by atoms with Crippen LogP contribution in [0.3, 0.4) is 0 Å². The number of thiophene rings is 1. The molecule has 11 heteroatoms. The van der Waals surface area contributed by atoms with E-state index in [4.69, 9.17) is 16.6 Å². The fourth-order valence-electron chi connectivity index (χ4n) is 4.06. The van der Waals surface area contributed by atoms with E-state index in [1.165, 1.54) is 17.0 Å². The maximum atomic E-state index is 13.0. The molecule has 36 heavy (non-hydrogen) atoms. The number of anilines is 1. The second-order valence-electron chi connectivity index (χ2n) is 8.20. The number of aryl methyl sites for hydroxylation is 2.